The van der Waals surface area contributed by atoms with Crippen molar-refractivity contribution in [2.24, 2.45) is 7.05 Å². The molecule has 32 heavy (non-hydrogen) atoms. The topological polar surface area (TPSA) is 158 Å². The van der Waals surface area contributed by atoms with Crippen LogP contribution >= 0.6 is 7.82 Å². The number of nitrogens with zero attached hydrogens (tertiary/aromatic N) is 5. The van der Waals surface area contributed by atoms with Crippen LogP contribution < -0.4 is 5.32 Å². The predicted octanol–water partition coefficient (Wildman–Crippen LogP) is 1.61. The number of anilines is 1. The van der Waals surface area contributed by atoms with Gasteiger partial charge in [0.25, 0.3) is 5.91 Å². The van der Waals surface area contributed by atoms with Gasteiger partial charge in [0.2, 0.25) is 0 Å². The second-order valence-corrected chi connectivity index (χ2v) is 7.65. The number of nitrogens with one attached hydrogen (secondary N) is 1. The molecular formula is C18H18N6NaO6P. The fourth-order valence-electron chi connectivity index (χ4n) is 2.77. The van der Waals surface area contributed by atoms with Crippen molar-refractivity contribution in [3.05, 3.63) is 60.9 Å². The van der Waals surface area contributed by atoms with Gasteiger partial charge in [-0.15, -0.1) is 0 Å². The number of aromatic nitrogens is 5. The summed E-state index contributed by atoms with van der Waals surface area (Å²) in [6.07, 6.45) is 6.19. The predicted molar refractivity (Wildman–Crippen MR) is 115 cm³/mol. The Hall–Kier alpha value is -2.57. The summed E-state index contributed by atoms with van der Waals surface area (Å²) in [4.78, 5) is 34.5. The summed E-state index contributed by atoms with van der Waals surface area (Å²) in [5.74, 6) is -0.0672. The molecule has 0 fully saturated rings. The summed E-state index contributed by atoms with van der Waals surface area (Å²) in [5, 5.41) is 11.1. The average Bonchev–Trinajstić information content (AvgIpc) is 3.46. The minimum atomic E-state index is -4.61. The van der Waals surface area contributed by atoms with Gasteiger partial charge in [0, 0.05) is 25.6 Å². The summed E-state index contributed by atoms with van der Waals surface area (Å²) < 4.78 is 23.5. The molecule has 12 nitrogen and oxygen atoms in total. The number of phosphoric acid groups is 1. The van der Waals surface area contributed by atoms with Gasteiger partial charge in [-0.05, 0) is 24.3 Å². The van der Waals surface area contributed by atoms with Crippen LogP contribution in [0, 0.1) is 0 Å². The van der Waals surface area contributed by atoms with E-state index in [1.165, 1.54) is 23.1 Å². The molecule has 0 atom stereocenters. The first-order chi connectivity index (χ1) is 14.8. The van der Waals surface area contributed by atoms with Crippen LogP contribution in [0.2, 0.25) is 0 Å². The Morgan fingerprint density at radius 3 is 2.78 bits per heavy atom. The molecular weight excluding hydrogens is 450 g/mol. The standard InChI is InChI=1S/C18H17N6O6P.Na.H/c1-23-10-14(17(22-23)13-4-2-3-7-19-13)21-18(25)16-6-5-15(30-16)12-8-20-24(9-12)11-29-31(26,27)28;;/h2-10H,11H2,1H3,(H,21,25)(H2,26,27,28);;. The molecule has 0 aliphatic carbocycles. The van der Waals surface area contributed by atoms with E-state index in [1.54, 1.807) is 42.3 Å². The number of amides is 1. The van der Waals surface area contributed by atoms with Crippen LogP contribution in [0.5, 0.6) is 0 Å². The number of furan rings is 1. The van der Waals surface area contributed by atoms with Crippen molar-refractivity contribution in [1.29, 1.82) is 0 Å². The fourth-order valence-corrected chi connectivity index (χ4v) is 3.04. The molecule has 0 bridgehead atoms. The molecule has 14 heteroatoms. The molecule has 4 aromatic rings. The van der Waals surface area contributed by atoms with Crippen LogP contribution in [0.3, 0.4) is 0 Å². The molecule has 0 unspecified atom stereocenters. The van der Waals surface area contributed by atoms with Gasteiger partial charge in [-0.1, -0.05) is 6.07 Å². The van der Waals surface area contributed by atoms with E-state index in [4.69, 9.17) is 14.2 Å². The van der Waals surface area contributed by atoms with Crippen LogP contribution in [0.1, 0.15) is 10.6 Å². The molecule has 1 amide bonds. The van der Waals surface area contributed by atoms with Crippen molar-refractivity contribution in [2.75, 3.05) is 5.32 Å². The van der Waals surface area contributed by atoms with E-state index in [9.17, 15) is 9.36 Å². The van der Waals surface area contributed by atoms with Crippen LogP contribution in [0.4, 0.5) is 5.69 Å². The number of pyridine rings is 1. The van der Waals surface area contributed by atoms with Crippen LogP contribution in [-0.2, 0) is 22.9 Å². The maximum atomic E-state index is 12.7. The summed E-state index contributed by atoms with van der Waals surface area (Å²) in [6.45, 7) is -0.435. The van der Waals surface area contributed by atoms with E-state index in [2.05, 4.69) is 25.0 Å². The van der Waals surface area contributed by atoms with E-state index in [0.717, 1.165) is 0 Å². The third kappa shape index (κ3) is 5.81. The van der Waals surface area contributed by atoms with Gasteiger partial charge in [-0.25, -0.2) is 9.25 Å². The van der Waals surface area contributed by atoms with E-state index < -0.39 is 20.5 Å². The van der Waals surface area contributed by atoms with Gasteiger partial charge in [-0.2, -0.15) is 10.2 Å². The van der Waals surface area contributed by atoms with Crippen molar-refractivity contribution >= 4 is 49.0 Å². The van der Waals surface area contributed by atoms with E-state index in [0.29, 0.717) is 28.4 Å². The van der Waals surface area contributed by atoms with Crippen molar-refractivity contribution < 1.29 is 28.1 Å². The molecule has 3 N–H and O–H groups in total. The van der Waals surface area contributed by atoms with Gasteiger partial charge in [0.15, 0.2) is 12.5 Å². The molecule has 0 aliphatic heterocycles. The zero-order valence-electron chi connectivity index (χ0n) is 16.1. The molecule has 4 heterocycles. The monoisotopic (exact) mass is 468 g/mol. The van der Waals surface area contributed by atoms with Crippen molar-refractivity contribution in [3.63, 3.8) is 0 Å². The first kappa shape index (κ1) is 24.1. The van der Waals surface area contributed by atoms with E-state index in [1.807, 2.05) is 6.07 Å². The molecule has 4 rings (SSSR count). The SMILES string of the molecule is Cn1cc(NC(=O)c2ccc(-c3cnn(COP(=O)(O)O)c3)o2)c(-c2ccccn2)n1.[NaH]. The molecule has 162 valence electrons. The fraction of sp³-hybridized carbons (Fsp3) is 0.111. The number of aryl methyl sites for hydroxylation is 1. The Labute approximate surface area is 203 Å². The Morgan fingerprint density at radius 2 is 2.06 bits per heavy atom. The zero-order chi connectivity index (χ0) is 22.0. The minimum absolute atomic E-state index is 0. The number of carbonyl (C=O) groups excluding carboxylic acids is 1. The van der Waals surface area contributed by atoms with Gasteiger partial charge in [0.1, 0.15) is 11.5 Å². The number of hydrogen-bond donors (Lipinski definition) is 3. The molecule has 0 saturated heterocycles. The summed E-state index contributed by atoms with van der Waals surface area (Å²) in [6, 6.07) is 8.49. The van der Waals surface area contributed by atoms with Gasteiger partial charge < -0.3 is 19.5 Å². The number of rotatable bonds is 7. The Morgan fingerprint density at radius 1 is 1.25 bits per heavy atom. The van der Waals surface area contributed by atoms with Gasteiger partial charge in [0.05, 0.1) is 23.1 Å². The van der Waals surface area contributed by atoms with Crippen LogP contribution in [-0.4, -0.2) is 69.8 Å². The van der Waals surface area contributed by atoms with E-state index in [-0.39, 0.29) is 35.3 Å². The third-order valence-corrected chi connectivity index (χ3v) is 4.54. The Balaban J connectivity index is 0.00000289. The Bertz CT molecular complexity index is 1260. The number of phosphoric ester groups is 1. The maximum absolute atomic E-state index is 12.7. The summed E-state index contributed by atoms with van der Waals surface area (Å²) in [7, 11) is -2.87. The summed E-state index contributed by atoms with van der Waals surface area (Å²) >= 11 is 0. The third-order valence-electron chi connectivity index (χ3n) is 4.09. The summed E-state index contributed by atoms with van der Waals surface area (Å²) in [5.41, 5.74) is 2.12. The van der Waals surface area contributed by atoms with Crippen molar-refractivity contribution in [3.8, 4) is 22.7 Å². The van der Waals surface area contributed by atoms with Crippen LogP contribution in [0.15, 0.2) is 59.5 Å². The molecule has 0 aliphatic rings. The van der Waals surface area contributed by atoms with E-state index >= 15 is 0 Å². The molecule has 0 spiro atoms. The number of hydrogen-bond acceptors (Lipinski definition) is 7. The van der Waals surface area contributed by atoms with Gasteiger partial charge >= 0.3 is 37.4 Å². The number of carbonyl (C=O) groups is 1. The molecule has 0 saturated carbocycles. The normalized spacial score (nSPS) is 11.2. The van der Waals surface area contributed by atoms with Crippen LogP contribution in [0.25, 0.3) is 22.7 Å². The molecule has 0 radical (unpaired) electrons. The average molecular weight is 468 g/mol. The second-order valence-electron chi connectivity index (χ2n) is 6.42. The van der Waals surface area contributed by atoms with Gasteiger partial charge in [-0.3, -0.25) is 19.0 Å². The first-order valence-corrected chi connectivity index (χ1v) is 10.4. The molecule has 4 aromatic heterocycles. The van der Waals surface area contributed by atoms with Crippen molar-refractivity contribution in [2.45, 2.75) is 6.73 Å². The molecule has 0 aromatic carbocycles. The van der Waals surface area contributed by atoms with Crippen molar-refractivity contribution in [1.82, 2.24) is 24.5 Å². The quantitative estimate of drug-likeness (QED) is 0.271. The second kappa shape index (κ2) is 9.92. The zero-order valence-corrected chi connectivity index (χ0v) is 17.0. The first-order valence-electron chi connectivity index (χ1n) is 8.88. The Kier molecular flexibility index (Phi) is 7.47.